The quantitative estimate of drug-likeness (QED) is 0.856. The molecule has 116 valence electrons. The molecule has 1 N–H and O–H groups in total. The van der Waals surface area contributed by atoms with Crippen molar-refractivity contribution in [3.8, 4) is 0 Å². The van der Waals surface area contributed by atoms with E-state index in [-0.39, 0.29) is 0 Å². The highest BCUT2D eigenvalue weighted by Gasteiger charge is 2.31. The number of likely N-dealkylation sites (tertiary alicyclic amines) is 2. The molecule has 3 heteroatoms. The Morgan fingerprint density at radius 3 is 2.10 bits per heavy atom. The molecule has 0 aromatic carbocycles. The lowest BCUT2D eigenvalue weighted by Gasteiger charge is -2.44. The van der Waals surface area contributed by atoms with Gasteiger partial charge in [0.2, 0.25) is 0 Å². The SMILES string of the molecule is CNC1CCCC(N2CCC(N3CCCCC3)CC2)C1. The van der Waals surface area contributed by atoms with E-state index in [9.17, 15) is 0 Å². The molecule has 3 fully saturated rings. The molecular weight excluding hydrogens is 246 g/mol. The van der Waals surface area contributed by atoms with Crippen molar-refractivity contribution in [1.82, 2.24) is 15.1 Å². The minimum absolute atomic E-state index is 0.772. The highest BCUT2D eigenvalue weighted by atomic mass is 15.2. The molecule has 3 rings (SSSR count). The van der Waals surface area contributed by atoms with Crippen LogP contribution < -0.4 is 5.32 Å². The summed E-state index contributed by atoms with van der Waals surface area (Å²) in [6.07, 6.45) is 12.8. The van der Waals surface area contributed by atoms with Crippen molar-refractivity contribution in [2.75, 3.05) is 33.2 Å². The van der Waals surface area contributed by atoms with E-state index in [0.29, 0.717) is 0 Å². The van der Waals surface area contributed by atoms with Gasteiger partial charge in [-0.25, -0.2) is 0 Å². The average Bonchev–Trinajstić information content (AvgIpc) is 2.56. The molecule has 0 aromatic rings. The van der Waals surface area contributed by atoms with Gasteiger partial charge in [0, 0.05) is 18.1 Å². The third-order valence-electron chi connectivity index (χ3n) is 5.98. The molecule has 0 bridgehead atoms. The maximum Gasteiger partial charge on any atom is 0.0120 e. The second-order valence-corrected chi connectivity index (χ2v) is 7.17. The smallest absolute Gasteiger partial charge is 0.0120 e. The Kier molecular flexibility index (Phi) is 5.36. The van der Waals surface area contributed by atoms with Gasteiger partial charge in [0.05, 0.1) is 0 Å². The van der Waals surface area contributed by atoms with Gasteiger partial charge in [-0.05, 0) is 78.2 Å². The van der Waals surface area contributed by atoms with Crippen LogP contribution in [0.25, 0.3) is 0 Å². The Labute approximate surface area is 125 Å². The number of hydrogen-bond acceptors (Lipinski definition) is 3. The molecule has 2 saturated heterocycles. The van der Waals surface area contributed by atoms with Crippen molar-refractivity contribution in [3.63, 3.8) is 0 Å². The van der Waals surface area contributed by atoms with Crippen LogP contribution in [-0.4, -0.2) is 61.2 Å². The fourth-order valence-corrected chi connectivity index (χ4v) is 4.66. The Balaban J connectivity index is 1.45. The van der Waals surface area contributed by atoms with Crippen molar-refractivity contribution < 1.29 is 0 Å². The van der Waals surface area contributed by atoms with Gasteiger partial charge in [-0.3, -0.25) is 0 Å². The third-order valence-corrected chi connectivity index (χ3v) is 5.98. The van der Waals surface area contributed by atoms with Crippen LogP contribution in [0.1, 0.15) is 57.8 Å². The lowest BCUT2D eigenvalue weighted by molar-refractivity contribution is 0.0574. The van der Waals surface area contributed by atoms with Crippen LogP contribution in [0.3, 0.4) is 0 Å². The van der Waals surface area contributed by atoms with E-state index >= 15 is 0 Å². The largest absolute Gasteiger partial charge is 0.317 e. The molecule has 0 amide bonds. The van der Waals surface area contributed by atoms with E-state index < -0.39 is 0 Å². The van der Waals surface area contributed by atoms with Gasteiger partial charge < -0.3 is 15.1 Å². The first-order valence-corrected chi connectivity index (χ1v) is 9.02. The molecule has 2 heterocycles. The molecule has 0 aromatic heterocycles. The first-order valence-electron chi connectivity index (χ1n) is 9.02. The summed E-state index contributed by atoms with van der Waals surface area (Å²) in [6.45, 7) is 5.44. The normalized spacial score (nSPS) is 35.2. The van der Waals surface area contributed by atoms with Crippen molar-refractivity contribution in [2.45, 2.75) is 75.9 Å². The van der Waals surface area contributed by atoms with E-state index in [1.807, 2.05) is 0 Å². The number of rotatable bonds is 3. The molecule has 1 saturated carbocycles. The maximum absolute atomic E-state index is 3.50. The topological polar surface area (TPSA) is 18.5 Å². The summed E-state index contributed by atoms with van der Waals surface area (Å²) in [7, 11) is 2.13. The van der Waals surface area contributed by atoms with E-state index in [2.05, 4.69) is 22.2 Å². The van der Waals surface area contributed by atoms with Crippen LogP contribution >= 0.6 is 0 Å². The minimum atomic E-state index is 0.772. The molecule has 2 unspecified atom stereocenters. The first kappa shape index (κ1) is 14.8. The Hall–Kier alpha value is -0.120. The number of nitrogens with zero attached hydrogens (tertiary/aromatic N) is 2. The highest BCUT2D eigenvalue weighted by Crippen LogP contribution is 2.27. The standard InChI is InChI=1S/C17H33N3/c1-18-15-6-5-7-17(14-15)20-12-8-16(9-13-20)19-10-3-2-4-11-19/h15-18H,2-14H2,1H3. The van der Waals surface area contributed by atoms with Gasteiger partial charge in [-0.15, -0.1) is 0 Å². The van der Waals surface area contributed by atoms with Crippen LogP contribution in [-0.2, 0) is 0 Å². The van der Waals surface area contributed by atoms with Crippen molar-refractivity contribution in [1.29, 1.82) is 0 Å². The van der Waals surface area contributed by atoms with Crippen molar-refractivity contribution in [3.05, 3.63) is 0 Å². The molecule has 3 aliphatic rings. The Morgan fingerprint density at radius 1 is 0.700 bits per heavy atom. The number of hydrogen-bond donors (Lipinski definition) is 1. The van der Waals surface area contributed by atoms with Crippen LogP contribution in [0.5, 0.6) is 0 Å². The summed E-state index contributed by atoms with van der Waals surface area (Å²) in [6, 6.07) is 2.53. The lowest BCUT2D eigenvalue weighted by atomic mass is 9.88. The van der Waals surface area contributed by atoms with Gasteiger partial charge in [0.15, 0.2) is 0 Å². The molecule has 1 aliphatic carbocycles. The summed E-state index contributed by atoms with van der Waals surface area (Å²) in [5, 5.41) is 3.50. The molecule has 3 nitrogen and oxygen atoms in total. The highest BCUT2D eigenvalue weighted by molar-refractivity contribution is 4.88. The monoisotopic (exact) mass is 279 g/mol. The lowest BCUT2D eigenvalue weighted by Crippen LogP contribution is -2.51. The second kappa shape index (κ2) is 7.24. The zero-order chi connectivity index (χ0) is 13.8. The number of piperidine rings is 2. The van der Waals surface area contributed by atoms with Crippen LogP contribution in [0, 0.1) is 0 Å². The van der Waals surface area contributed by atoms with E-state index in [4.69, 9.17) is 0 Å². The molecule has 0 radical (unpaired) electrons. The second-order valence-electron chi connectivity index (χ2n) is 7.17. The summed E-state index contributed by atoms with van der Waals surface area (Å²) in [5.41, 5.74) is 0. The zero-order valence-corrected chi connectivity index (χ0v) is 13.3. The molecular formula is C17H33N3. The van der Waals surface area contributed by atoms with Crippen LogP contribution in [0.4, 0.5) is 0 Å². The van der Waals surface area contributed by atoms with Crippen LogP contribution in [0.15, 0.2) is 0 Å². The minimum Gasteiger partial charge on any atom is -0.317 e. The van der Waals surface area contributed by atoms with Gasteiger partial charge in [0.1, 0.15) is 0 Å². The van der Waals surface area contributed by atoms with Crippen molar-refractivity contribution in [2.24, 2.45) is 0 Å². The van der Waals surface area contributed by atoms with Gasteiger partial charge in [-0.1, -0.05) is 12.8 Å². The molecule has 20 heavy (non-hydrogen) atoms. The predicted molar refractivity (Wildman–Crippen MR) is 85.1 cm³/mol. The van der Waals surface area contributed by atoms with Gasteiger partial charge in [-0.2, -0.15) is 0 Å². The van der Waals surface area contributed by atoms with Gasteiger partial charge >= 0.3 is 0 Å². The molecule has 2 atom stereocenters. The summed E-state index contributed by atoms with van der Waals surface area (Å²) in [5.74, 6) is 0. The number of nitrogens with one attached hydrogen (secondary N) is 1. The van der Waals surface area contributed by atoms with E-state index in [1.165, 1.54) is 84.0 Å². The van der Waals surface area contributed by atoms with E-state index in [1.54, 1.807) is 0 Å². The Morgan fingerprint density at radius 2 is 1.40 bits per heavy atom. The first-order chi connectivity index (χ1) is 9.86. The Bertz CT molecular complexity index is 280. The van der Waals surface area contributed by atoms with Gasteiger partial charge in [0.25, 0.3) is 0 Å². The fraction of sp³-hybridized carbons (Fsp3) is 1.00. The zero-order valence-electron chi connectivity index (χ0n) is 13.3. The summed E-state index contributed by atoms with van der Waals surface area (Å²) in [4.78, 5) is 5.60. The fourth-order valence-electron chi connectivity index (χ4n) is 4.66. The summed E-state index contributed by atoms with van der Waals surface area (Å²) >= 11 is 0. The molecule has 2 aliphatic heterocycles. The maximum atomic E-state index is 3.50. The van der Waals surface area contributed by atoms with Crippen molar-refractivity contribution >= 4 is 0 Å². The summed E-state index contributed by atoms with van der Waals surface area (Å²) < 4.78 is 0. The van der Waals surface area contributed by atoms with Crippen LogP contribution in [0.2, 0.25) is 0 Å². The molecule has 0 spiro atoms. The third kappa shape index (κ3) is 3.55. The average molecular weight is 279 g/mol. The predicted octanol–water partition coefficient (Wildman–Crippen LogP) is 2.47. The van der Waals surface area contributed by atoms with E-state index in [0.717, 1.165) is 18.1 Å².